The first-order valence-corrected chi connectivity index (χ1v) is 7.98. The third kappa shape index (κ3) is 4.93. The topological polar surface area (TPSA) is 46.6 Å². The number of ketones is 1. The van der Waals surface area contributed by atoms with Crippen LogP contribution in [0.4, 0.5) is 9.18 Å². The minimum atomic E-state index is -0.555. The lowest BCUT2D eigenvalue weighted by Gasteiger charge is -2.24. The molecule has 0 aliphatic carbocycles. The molecule has 1 unspecified atom stereocenters. The summed E-state index contributed by atoms with van der Waals surface area (Å²) in [4.78, 5) is 25.9. The van der Waals surface area contributed by atoms with Crippen LogP contribution in [0.25, 0.3) is 0 Å². The zero-order valence-electron chi connectivity index (χ0n) is 13.6. The normalized spacial score (nSPS) is 18.1. The van der Waals surface area contributed by atoms with E-state index in [1.807, 2.05) is 0 Å². The standard InChI is InChI=1S/C17H21ClFNO3/c1-17(2,3)23-16(22)20-7-6-12(10-20)15(21)8-11-4-5-13(19)9-14(11)18/h4-5,9,12H,6-8,10H2,1-3H3. The summed E-state index contributed by atoms with van der Waals surface area (Å²) in [7, 11) is 0. The third-order valence-electron chi connectivity index (χ3n) is 3.68. The van der Waals surface area contributed by atoms with E-state index in [9.17, 15) is 14.0 Å². The van der Waals surface area contributed by atoms with Gasteiger partial charge in [-0.05, 0) is 44.9 Å². The van der Waals surface area contributed by atoms with Gasteiger partial charge in [-0.15, -0.1) is 0 Å². The highest BCUT2D eigenvalue weighted by molar-refractivity contribution is 6.31. The van der Waals surface area contributed by atoms with Crippen molar-refractivity contribution in [1.82, 2.24) is 4.90 Å². The monoisotopic (exact) mass is 341 g/mol. The van der Waals surface area contributed by atoms with Gasteiger partial charge in [-0.3, -0.25) is 4.79 Å². The van der Waals surface area contributed by atoms with E-state index in [0.717, 1.165) is 0 Å². The summed E-state index contributed by atoms with van der Waals surface area (Å²) in [5.41, 5.74) is 0.0506. The molecule has 1 aliphatic heterocycles. The van der Waals surface area contributed by atoms with Crippen molar-refractivity contribution in [2.75, 3.05) is 13.1 Å². The molecule has 0 radical (unpaired) electrons. The Balaban J connectivity index is 1.93. The highest BCUT2D eigenvalue weighted by Crippen LogP contribution is 2.24. The van der Waals surface area contributed by atoms with Crippen LogP contribution in [0, 0.1) is 11.7 Å². The molecule has 126 valence electrons. The number of hydrogen-bond donors (Lipinski definition) is 0. The Labute approximate surface area is 140 Å². The number of hydrogen-bond acceptors (Lipinski definition) is 3. The number of nitrogens with zero attached hydrogens (tertiary/aromatic N) is 1. The lowest BCUT2D eigenvalue weighted by atomic mass is 9.97. The first-order chi connectivity index (χ1) is 10.7. The zero-order chi connectivity index (χ0) is 17.2. The molecule has 1 atom stereocenters. The van der Waals surface area contributed by atoms with Gasteiger partial charge in [-0.1, -0.05) is 17.7 Å². The van der Waals surface area contributed by atoms with Gasteiger partial charge in [-0.2, -0.15) is 0 Å². The molecule has 6 heteroatoms. The summed E-state index contributed by atoms with van der Waals surface area (Å²) in [6.07, 6.45) is 0.357. The molecule has 1 heterocycles. The molecular formula is C17H21ClFNO3. The third-order valence-corrected chi connectivity index (χ3v) is 4.03. The van der Waals surface area contributed by atoms with Crippen LogP contribution < -0.4 is 0 Å². The predicted molar refractivity (Wildman–Crippen MR) is 86.0 cm³/mol. The number of carbonyl (C=O) groups excluding carboxylic acids is 2. The molecule has 1 fully saturated rings. The molecule has 1 aromatic carbocycles. The lowest BCUT2D eigenvalue weighted by Crippen LogP contribution is -2.36. The first kappa shape index (κ1) is 17.7. The number of amides is 1. The summed E-state index contributed by atoms with van der Waals surface area (Å²) in [5.74, 6) is -0.656. The second-order valence-corrected chi connectivity index (χ2v) is 7.20. The van der Waals surface area contributed by atoms with Gasteiger partial charge in [-0.25, -0.2) is 9.18 Å². The van der Waals surface area contributed by atoms with Crippen molar-refractivity contribution >= 4 is 23.5 Å². The Hall–Kier alpha value is -1.62. The average molecular weight is 342 g/mol. The van der Waals surface area contributed by atoms with E-state index in [2.05, 4.69) is 0 Å². The number of benzene rings is 1. The van der Waals surface area contributed by atoms with Gasteiger partial charge in [0.05, 0.1) is 0 Å². The van der Waals surface area contributed by atoms with Crippen LogP contribution in [0.3, 0.4) is 0 Å². The number of halogens is 2. The average Bonchev–Trinajstić information content (AvgIpc) is 2.90. The maximum atomic E-state index is 13.0. The summed E-state index contributed by atoms with van der Waals surface area (Å²) in [6, 6.07) is 4.01. The Morgan fingerprint density at radius 1 is 1.39 bits per heavy atom. The van der Waals surface area contributed by atoms with Crippen LogP contribution in [0.2, 0.25) is 5.02 Å². The molecule has 0 N–H and O–H groups in total. The highest BCUT2D eigenvalue weighted by atomic mass is 35.5. The smallest absolute Gasteiger partial charge is 0.410 e. The Morgan fingerprint density at radius 2 is 2.09 bits per heavy atom. The van der Waals surface area contributed by atoms with Crippen LogP contribution in [-0.2, 0) is 16.0 Å². The van der Waals surface area contributed by atoms with E-state index in [1.165, 1.54) is 18.2 Å². The number of likely N-dealkylation sites (tertiary alicyclic amines) is 1. The van der Waals surface area contributed by atoms with Gasteiger partial charge in [0.15, 0.2) is 0 Å². The molecular weight excluding hydrogens is 321 g/mol. The van der Waals surface area contributed by atoms with Crippen LogP contribution >= 0.6 is 11.6 Å². The zero-order valence-corrected chi connectivity index (χ0v) is 14.3. The summed E-state index contributed by atoms with van der Waals surface area (Å²) in [6.45, 7) is 6.27. The van der Waals surface area contributed by atoms with E-state index < -0.39 is 17.5 Å². The minimum Gasteiger partial charge on any atom is -0.444 e. The van der Waals surface area contributed by atoms with Gasteiger partial charge >= 0.3 is 6.09 Å². The Morgan fingerprint density at radius 3 is 2.70 bits per heavy atom. The van der Waals surface area contributed by atoms with Gasteiger partial charge in [0.2, 0.25) is 0 Å². The van der Waals surface area contributed by atoms with Gasteiger partial charge in [0.1, 0.15) is 17.2 Å². The fourth-order valence-electron chi connectivity index (χ4n) is 2.51. The minimum absolute atomic E-state index is 0.00423. The molecule has 4 nitrogen and oxygen atoms in total. The fraction of sp³-hybridized carbons (Fsp3) is 0.529. The van der Waals surface area contributed by atoms with Crippen LogP contribution in [0.15, 0.2) is 18.2 Å². The van der Waals surface area contributed by atoms with Crippen molar-refractivity contribution in [2.45, 2.75) is 39.2 Å². The summed E-state index contributed by atoms with van der Waals surface area (Å²) >= 11 is 5.96. The molecule has 1 aliphatic rings. The molecule has 1 aromatic rings. The summed E-state index contributed by atoms with van der Waals surface area (Å²) in [5, 5.41) is 0.250. The predicted octanol–water partition coefficient (Wildman–Crippen LogP) is 3.85. The van der Waals surface area contributed by atoms with Crippen LogP contribution in [0.1, 0.15) is 32.8 Å². The Bertz CT molecular complexity index is 612. The molecule has 0 bridgehead atoms. The molecule has 2 rings (SSSR count). The van der Waals surface area contributed by atoms with Crippen LogP contribution in [0.5, 0.6) is 0 Å². The van der Waals surface area contributed by atoms with Crippen molar-refractivity contribution in [3.63, 3.8) is 0 Å². The summed E-state index contributed by atoms with van der Waals surface area (Å²) < 4.78 is 18.3. The molecule has 1 amide bonds. The van der Waals surface area contributed by atoms with Gasteiger partial charge < -0.3 is 9.64 Å². The van der Waals surface area contributed by atoms with Crippen molar-refractivity contribution in [2.24, 2.45) is 5.92 Å². The quantitative estimate of drug-likeness (QED) is 0.839. The fourth-order valence-corrected chi connectivity index (χ4v) is 2.75. The van der Waals surface area contributed by atoms with Gasteiger partial charge in [0.25, 0.3) is 0 Å². The maximum absolute atomic E-state index is 13.0. The number of Topliss-reactive ketones (excluding diaryl/α,β-unsaturated/α-hetero) is 1. The lowest BCUT2D eigenvalue weighted by molar-refractivity contribution is -0.121. The highest BCUT2D eigenvalue weighted by Gasteiger charge is 2.33. The molecule has 0 aromatic heterocycles. The van der Waals surface area contributed by atoms with E-state index in [1.54, 1.807) is 25.7 Å². The second-order valence-electron chi connectivity index (χ2n) is 6.79. The van der Waals surface area contributed by atoms with Gasteiger partial charge in [0, 0.05) is 30.5 Å². The van der Waals surface area contributed by atoms with E-state index in [0.29, 0.717) is 25.1 Å². The largest absolute Gasteiger partial charge is 0.444 e. The van der Waals surface area contributed by atoms with Crippen molar-refractivity contribution in [3.8, 4) is 0 Å². The van der Waals surface area contributed by atoms with Crippen LogP contribution in [-0.4, -0.2) is 35.5 Å². The van der Waals surface area contributed by atoms with Crippen molar-refractivity contribution in [1.29, 1.82) is 0 Å². The Kier molecular flexibility index (Phi) is 5.30. The SMILES string of the molecule is CC(C)(C)OC(=O)N1CCC(C(=O)Cc2ccc(F)cc2Cl)C1. The molecule has 0 saturated carbocycles. The van der Waals surface area contributed by atoms with E-state index in [-0.39, 0.29) is 23.1 Å². The molecule has 23 heavy (non-hydrogen) atoms. The van der Waals surface area contributed by atoms with E-state index in [4.69, 9.17) is 16.3 Å². The molecule has 1 saturated heterocycles. The first-order valence-electron chi connectivity index (χ1n) is 7.60. The maximum Gasteiger partial charge on any atom is 0.410 e. The number of ether oxygens (including phenoxy) is 1. The molecule has 0 spiro atoms. The van der Waals surface area contributed by atoms with Crippen molar-refractivity contribution in [3.05, 3.63) is 34.6 Å². The number of rotatable bonds is 3. The van der Waals surface area contributed by atoms with Crippen molar-refractivity contribution < 1.29 is 18.7 Å². The second kappa shape index (κ2) is 6.87. The number of carbonyl (C=O) groups is 2. The van der Waals surface area contributed by atoms with E-state index >= 15 is 0 Å².